The van der Waals surface area contributed by atoms with Crippen LogP contribution in [0.1, 0.15) is 44.0 Å². The average Bonchev–Trinajstić information content (AvgIpc) is 3.20. The second kappa shape index (κ2) is 7.60. The number of hydrogen-bond donors (Lipinski definition) is 0. The molecule has 0 saturated carbocycles. The van der Waals surface area contributed by atoms with Gasteiger partial charge < -0.3 is 13.7 Å². The molecule has 0 amide bonds. The van der Waals surface area contributed by atoms with Crippen molar-refractivity contribution in [1.82, 2.24) is 9.55 Å². The SMILES string of the molecule is CCc1oc2ccccc2c1C=CC(=O)OC(c1nccn1C)C(C)C. The summed E-state index contributed by atoms with van der Waals surface area (Å²) in [7, 11) is 1.90. The van der Waals surface area contributed by atoms with Crippen molar-refractivity contribution in [3.05, 3.63) is 59.9 Å². The number of hydrogen-bond acceptors (Lipinski definition) is 4. The lowest BCUT2D eigenvalue weighted by atomic mass is 10.1. The molecule has 1 unspecified atom stereocenters. The molecule has 0 N–H and O–H groups in total. The highest BCUT2D eigenvalue weighted by atomic mass is 16.5. The van der Waals surface area contributed by atoms with E-state index in [2.05, 4.69) is 4.98 Å². The average molecular weight is 352 g/mol. The van der Waals surface area contributed by atoms with Crippen LogP contribution in [0, 0.1) is 5.92 Å². The molecule has 5 nitrogen and oxygen atoms in total. The number of esters is 1. The molecule has 2 heterocycles. The number of aryl methyl sites for hydroxylation is 2. The fourth-order valence-electron chi connectivity index (χ4n) is 3.02. The van der Waals surface area contributed by atoms with Crippen molar-refractivity contribution in [3.63, 3.8) is 0 Å². The minimum absolute atomic E-state index is 0.120. The summed E-state index contributed by atoms with van der Waals surface area (Å²) in [6, 6.07) is 7.82. The Labute approximate surface area is 153 Å². The molecular weight excluding hydrogens is 328 g/mol. The molecule has 0 aliphatic rings. The largest absolute Gasteiger partial charge is 0.460 e. The summed E-state index contributed by atoms with van der Waals surface area (Å²) in [6.07, 6.45) is 7.17. The molecule has 26 heavy (non-hydrogen) atoms. The highest BCUT2D eigenvalue weighted by Gasteiger charge is 2.23. The number of fused-ring (bicyclic) bond motifs is 1. The van der Waals surface area contributed by atoms with Crippen molar-refractivity contribution in [2.45, 2.75) is 33.3 Å². The third-order valence-electron chi connectivity index (χ3n) is 4.38. The third-order valence-corrected chi connectivity index (χ3v) is 4.38. The summed E-state index contributed by atoms with van der Waals surface area (Å²) in [6.45, 7) is 6.05. The van der Waals surface area contributed by atoms with E-state index in [0.29, 0.717) is 0 Å². The summed E-state index contributed by atoms with van der Waals surface area (Å²) >= 11 is 0. The minimum Gasteiger partial charge on any atom is -0.460 e. The minimum atomic E-state index is -0.390. The van der Waals surface area contributed by atoms with Crippen LogP contribution in [0.4, 0.5) is 0 Å². The zero-order valence-corrected chi connectivity index (χ0v) is 15.6. The van der Waals surface area contributed by atoms with Crippen LogP contribution in [0.25, 0.3) is 17.0 Å². The molecule has 0 radical (unpaired) electrons. The molecule has 2 aromatic heterocycles. The first-order valence-corrected chi connectivity index (χ1v) is 8.87. The van der Waals surface area contributed by atoms with Gasteiger partial charge >= 0.3 is 5.97 Å². The van der Waals surface area contributed by atoms with E-state index in [4.69, 9.17) is 9.15 Å². The molecule has 3 aromatic rings. The van der Waals surface area contributed by atoms with Gasteiger partial charge in [-0.3, -0.25) is 0 Å². The van der Waals surface area contributed by atoms with Gasteiger partial charge in [-0.25, -0.2) is 9.78 Å². The number of nitrogens with zero attached hydrogens (tertiary/aromatic N) is 2. The Kier molecular flexibility index (Phi) is 5.26. The topological polar surface area (TPSA) is 57.3 Å². The van der Waals surface area contributed by atoms with Gasteiger partial charge in [-0.15, -0.1) is 0 Å². The Morgan fingerprint density at radius 2 is 2.12 bits per heavy atom. The molecule has 1 aromatic carbocycles. The number of aromatic nitrogens is 2. The van der Waals surface area contributed by atoms with Gasteiger partial charge in [0.1, 0.15) is 17.2 Å². The molecule has 3 rings (SSSR count). The summed E-state index contributed by atoms with van der Waals surface area (Å²) in [4.78, 5) is 16.7. The van der Waals surface area contributed by atoms with Gasteiger partial charge in [0.05, 0.1) is 0 Å². The molecule has 0 fully saturated rings. The molecule has 0 aliphatic carbocycles. The van der Waals surface area contributed by atoms with Crippen molar-refractivity contribution in [1.29, 1.82) is 0 Å². The van der Waals surface area contributed by atoms with Crippen LogP contribution in [0.2, 0.25) is 0 Å². The Morgan fingerprint density at radius 1 is 1.35 bits per heavy atom. The Balaban J connectivity index is 1.82. The van der Waals surface area contributed by atoms with E-state index in [1.165, 1.54) is 6.08 Å². The van der Waals surface area contributed by atoms with Gasteiger partial charge in [-0.2, -0.15) is 0 Å². The van der Waals surface area contributed by atoms with Crippen molar-refractivity contribution >= 4 is 23.0 Å². The molecule has 0 aliphatic heterocycles. The van der Waals surface area contributed by atoms with E-state index in [1.54, 1.807) is 12.3 Å². The molecule has 0 spiro atoms. The first-order chi connectivity index (χ1) is 12.5. The second-order valence-electron chi connectivity index (χ2n) is 6.62. The zero-order chi connectivity index (χ0) is 18.7. The van der Waals surface area contributed by atoms with Crippen molar-refractivity contribution < 1.29 is 13.9 Å². The standard InChI is InChI=1S/C21H24N2O3/c1-5-17-16(15-8-6-7-9-18(15)25-17)10-11-19(24)26-20(14(2)3)21-22-12-13-23(21)4/h6-14,20H,5H2,1-4H3. The molecule has 1 atom stereocenters. The van der Waals surface area contributed by atoms with Gasteiger partial charge in [0.25, 0.3) is 0 Å². The van der Waals surface area contributed by atoms with Gasteiger partial charge in [0.2, 0.25) is 0 Å². The van der Waals surface area contributed by atoms with E-state index in [-0.39, 0.29) is 18.0 Å². The first kappa shape index (κ1) is 18.0. The quantitative estimate of drug-likeness (QED) is 0.477. The summed E-state index contributed by atoms with van der Waals surface area (Å²) in [5, 5.41) is 0.998. The van der Waals surface area contributed by atoms with E-state index in [9.17, 15) is 4.79 Å². The number of carbonyl (C=O) groups excluding carboxylic acids is 1. The molecule has 5 heteroatoms. The predicted octanol–water partition coefficient (Wildman–Crippen LogP) is 4.68. The highest BCUT2D eigenvalue weighted by Crippen LogP contribution is 2.28. The van der Waals surface area contributed by atoms with Gasteiger partial charge in [-0.1, -0.05) is 39.0 Å². The lowest BCUT2D eigenvalue weighted by molar-refractivity contribution is -0.146. The summed E-state index contributed by atoms with van der Waals surface area (Å²) < 4.78 is 13.4. The molecule has 0 bridgehead atoms. The molecule has 0 saturated heterocycles. The smallest absolute Gasteiger partial charge is 0.331 e. The van der Waals surface area contributed by atoms with Gasteiger partial charge in [-0.05, 0) is 18.1 Å². The fraction of sp³-hybridized carbons (Fsp3) is 0.333. The number of benzene rings is 1. The third kappa shape index (κ3) is 3.57. The van der Waals surface area contributed by atoms with Crippen LogP contribution < -0.4 is 0 Å². The highest BCUT2D eigenvalue weighted by molar-refractivity contribution is 5.94. The van der Waals surface area contributed by atoms with Crippen molar-refractivity contribution in [2.24, 2.45) is 13.0 Å². The van der Waals surface area contributed by atoms with E-state index in [0.717, 1.165) is 34.5 Å². The normalized spacial score (nSPS) is 13.0. The predicted molar refractivity (Wildman–Crippen MR) is 102 cm³/mol. The lowest BCUT2D eigenvalue weighted by Gasteiger charge is -2.20. The lowest BCUT2D eigenvalue weighted by Crippen LogP contribution is -2.18. The van der Waals surface area contributed by atoms with Gasteiger partial charge in [0.15, 0.2) is 6.10 Å². The maximum absolute atomic E-state index is 12.4. The van der Waals surface area contributed by atoms with Crippen molar-refractivity contribution in [3.8, 4) is 0 Å². The van der Waals surface area contributed by atoms with Crippen LogP contribution in [-0.4, -0.2) is 15.5 Å². The van der Waals surface area contributed by atoms with E-state index in [1.807, 2.05) is 62.8 Å². The van der Waals surface area contributed by atoms with Crippen molar-refractivity contribution in [2.75, 3.05) is 0 Å². The number of imidazole rings is 1. The monoisotopic (exact) mass is 352 g/mol. The van der Waals surface area contributed by atoms with Crippen LogP contribution in [0.3, 0.4) is 0 Å². The maximum atomic E-state index is 12.4. The fourth-order valence-corrected chi connectivity index (χ4v) is 3.02. The summed E-state index contributed by atoms with van der Waals surface area (Å²) in [5.41, 5.74) is 1.75. The number of furan rings is 1. The van der Waals surface area contributed by atoms with Crippen LogP contribution in [-0.2, 0) is 23.0 Å². The van der Waals surface area contributed by atoms with Gasteiger partial charge in [0, 0.05) is 42.9 Å². The summed E-state index contributed by atoms with van der Waals surface area (Å²) in [5.74, 6) is 1.33. The van der Waals surface area contributed by atoms with E-state index < -0.39 is 0 Å². The Hall–Kier alpha value is -2.82. The van der Waals surface area contributed by atoms with Crippen LogP contribution in [0.5, 0.6) is 0 Å². The number of rotatable bonds is 6. The maximum Gasteiger partial charge on any atom is 0.331 e. The van der Waals surface area contributed by atoms with E-state index >= 15 is 0 Å². The van der Waals surface area contributed by atoms with Crippen LogP contribution >= 0.6 is 0 Å². The first-order valence-electron chi connectivity index (χ1n) is 8.87. The number of para-hydroxylation sites is 1. The number of ether oxygens (including phenoxy) is 1. The Morgan fingerprint density at radius 3 is 2.77 bits per heavy atom. The molecule has 136 valence electrons. The Bertz CT molecular complexity index is 934. The zero-order valence-electron chi connectivity index (χ0n) is 15.6. The second-order valence-corrected chi connectivity index (χ2v) is 6.62. The molecular formula is C21H24N2O3. The van der Waals surface area contributed by atoms with Crippen LogP contribution in [0.15, 0.2) is 47.2 Å². The number of carbonyl (C=O) groups is 1.